The summed E-state index contributed by atoms with van der Waals surface area (Å²) in [6, 6.07) is 1.39. The Morgan fingerprint density at radius 1 is 1.38 bits per heavy atom. The molecule has 6 nitrogen and oxygen atoms in total. The van der Waals surface area contributed by atoms with E-state index in [4.69, 9.17) is 4.74 Å². The number of ether oxygens (including phenoxy) is 1. The van der Waals surface area contributed by atoms with Crippen molar-refractivity contribution in [2.45, 2.75) is 58.2 Å². The average Bonchev–Trinajstić information content (AvgIpc) is 3.05. The Hall–Kier alpha value is -1.85. The highest BCUT2D eigenvalue weighted by molar-refractivity contribution is 5.85. The van der Waals surface area contributed by atoms with Gasteiger partial charge in [-0.05, 0) is 39.7 Å². The molecule has 1 aromatic rings. The fraction of sp³-hybridized carbons (Fsp3) is 0.667. The zero-order valence-electron chi connectivity index (χ0n) is 12.9. The van der Waals surface area contributed by atoms with Gasteiger partial charge < -0.3 is 9.64 Å². The van der Waals surface area contributed by atoms with Gasteiger partial charge in [0.2, 0.25) is 5.91 Å². The van der Waals surface area contributed by atoms with Crippen LogP contribution < -0.4 is 0 Å². The van der Waals surface area contributed by atoms with Crippen LogP contribution in [0.4, 0.5) is 0 Å². The smallest absolute Gasteiger partial charge is 0.329 e. The summed E-state index contributed by atoms with van der Waals surface area (Å²) < 4.78 is 7.12. The summed E-state index contributed by atoms with van der Waals surface area (Å²) in [7, 11) is 0. The van der Waals surface area contributed by atoms with E-state index in [-0.39, 0.29) is 11.9 Å². The second-order valence-corrected chi connectivity index (χ2v) is 6.30. The van der Waals surface area contributed by atoms with Crippen molar-refractivity contribution in [3.8, 4) is 0 Å². The molecule has 21 heavy (non-hydrogen) atoms. The molecule has 0 aromatic carbocycles. The molecule has 1 fully saturated rings. The fourth-order valence-electron chi connectivity index (χ4n) is 2.47. The first-order valence-electron chi connectivity index (χ1n) is 7.36. The summed E-state index contributed by atoms with van der Waals surface area (Å²) in [6.07, 6.45) is 5.38. The van der Waals surface area contributed by atoms with Crippen LogP contribution in [0.25, 0.3) is 0 Å². The van der Waals surface area contributed by atoms with Crippen LogP contribution in [0.2, 0.25) is 0 Å². The van der Waals surface area contributed by atoms with Crippen molar-refractivity contribution in [3.63, 3.8) is 0 Å². The Bertz CT molecular complexity index is 491. The molecule has 1 aromatic heterocycles. The summed E-state index contributed by atoms with van der Waals surface area (Å²) >= 11 is 0. The third-order valence-corrected chi connectivity index (χ3v) is 3.37. The molecular weight excluding hydrogens is 270 g/mol. The van der Waals surface area contributed by atoms with Gasteiger partial charge in [0.25, 0.3) is 0 Å². The molecule has 6 heteroatoms. The maximum atomic E-state index is 12.3. The molecule has 2 rings (SSSR count). The Labute approximate surface area is 125 Å². The maximum Gasteiger partial charge on any atom is 0.329 e. The number of esters is 1. The van der Waals surface area contributed by atoms with Gasteiger partial charge in [-0.1, -0.05) is 0 Å². The number of likely N-dealkylation sites (tertiary alicyclic amines) is 1. The number of rotatable bonds is 4. The summed E-state index contributed by atoms with van der Waals surface area (Å²) in [6.45, 7) is 6.67. The molecule has 1 aliphatic rings. The highest BCUT2D eigenvalue weighted by Gasteiger charge is 2.36. The monoisotopic (exact) mass is 293 g/mol. The Morgan fingerprint density at radius 3 is 2.76 bits per heavy atom. The number of aromatic nitrogens is 2. The first-order valence-corrected chi connectivity index (χ1v) is 7.36. The molecule has 0 spiro atoms. The van der Waals surface area contributed by atoms with E-state index >= 15 is 0 Å². The van der Waals surface area contributed by atoms with Crippen LogP contribution in [0.3, 0.4) is 0 Å². The first kappa shape index (κ1) is 15.5. The Morgan fingerprint density at radius 2 is 2.14 bits per heavy atom. The van der Waals surface area contributed by atoms with Crippen molar-refractivity contribution in [2.24, 2.45) is 0 Å². The molecule has 0 bridgehead atoms. The number of aryl methyl sites for hydroxylation is 1. The quantitative estimate of drug-likeness (QED) is 0.791. The average molecular weight is 293 g/mol. The molecule has 0 aliphatic carbocycles. The number of carbonyl (C=O) groups excluding carboxylic acids is 2. The zero-order valence-corrected chi connectivity index (χ0v) is 12.9. The SMILES string of the molecule is CC(C)(C)OC(=O)[C@H]1CCCN1C(=O)CCn1cccn1. The van der Waals surface area contributed by atoms with Gasteiger partial charge in [0.1, 0.15) is 11.6 Å². The van der Waals surface area contributed by atoms with Crippen molar-refractivity contribution in [1.82, 2.24) is 14.7 Å². The highest BCUT2D eigenvalue weighted by Crippen LogP contribution is 2.22. The normalized spacial score (nSPS) is 18.8. The van der Waals surface area contributed by atoms with Gasteiger partial charge >= 0.3 is 5.97 Å². The molecule has 0 radical (unpaired) electrons. The van der Waals surface area contributed by atoms with E-state index in [1.54, 1.807) is 15.8 Å². The fourth-order valence-corrected chi connectivity index (χ4v) is 2.47. The lowest BCUT2D eigenvalue weighted by Crippen LogP contribution is -2.43. The van der Waals surface area contributed by atoms with Crippen LogP contribution >= 0.6 is 0 Å². The lowest BCUT2D eigenvalue weighted by atomic mass is 10.1. The molecule has 1 amide bonds. The van der Waals surface area contributed by atoms with Gasteiger partial charge in [-0.3, -0.25) is 9.48 Å². The van der Waals surface area contributed by atoms with Crippen molar-refractivity contribution >= 4 is 11.9 Å². The van der Waals surface area contributed by atoms with Gasteiger partial charge in [0, 0.05) is 31.9 Å². The second kappa shape index (κ2) is 6.28. The predicted molar refractivity (Wildman–Crippen MR) is 77.4 cm³/mol. The molecule has 1 aliphatic heterocycles. The third-order valence-electron chi connectivity index (χ3n) is 3.37. The lowest BCUT2D eigenvalue weighted by molar-refractivity contribution is -0.163. The Balaban J connectivity index is 1.91. The van der Waals surface area contributed by atoms with Crippen molar-refractivity contribution in [3.05, 3.63) is 18.5 Å². The molecule has 0 N–H and O–H groups in total. The van der Waals surface area contributed by atoms with Gasteiger partial charge in [0.05, 0.1) is 0 Å². The summed E-state index contributed by atoms with van der Waals surface area (Å²) in [5.74, 6) is -0.314. The van der Waals surface area contributed by atoms with Crippen molar-refractivity contribution in [1.29, 1.82) is 0 Å². The van der Waals surface area contributed by atoms with Crippen molar-refractivity contribution in [2.75, 3.05) is 6.54 Å². The molecule has 2 heterocycles. The predicted octanol–water partition coefficient (Wildman–Crippen LogP) is 1.61. The van der Waals surface area contributed by atoms with E-state index in [0.717, 1.165) is 6.42 Å². The van der Waals surface area contributed by atoms with E-state index in [1.807, 2.05) is 33.0 Å². The third kappa shape index (κ3) is 4.31. The van der Waals surface area contributed by atoms with E-state index < -0.39 is 11.6 Å². The number of hydrogen-bond donors (Lipinski definition) is 0. The first-order chi connectivity index (χ1) is 9.87. The van der Waals surface area contributed by atoms with Crippen LogP contribution in [0.1, 0.15) is 40.0 Å². The maximum absolute atomic E-state index is 12.3. The van der Waals surface area contributed by atoms with Crippen LogP contribution in [0.5, 0.6) is 0 Å². The number of amides is 1. The van der Waals surface area contributed by atoms with Crippen LogP contribution in [-0.2, 0) is 20.9 Å². The molecule has 1 atom stereocenters. The molecule has 0 saturated carbocycles. The summed E-state index contributed by atoms with van der Waals surface area (Å²) in [4.78, 5) is 26.1. The van der Waals surface area contributed by atoms with Crippen LogP contribution in [0, 0.1) is 0 Å². The second-order valence-electron chi connectivity index (χ2n) is 6.30. The van der Waals surface area contributed by atoms with E-state index in [2.05, 4.69) is 5.10 Å². The van der Waals surface area contributed by atoms with Crippen LogP contribution in [0.15, 0.2) is 18.5 Å². The molecule has 1 saturated heterocycles. The lowest BCUT2D eigenvalue weighted by Gasteiger charge is -2.27. The van der Waals surface area contributed by atoms with E-state index in [9.17, 15) is 9.59 Å². The standard InChI is InChI=1S/C15H23N3O3/c1-15(2,3)21-14(20)12-6-4-10-18(12)13(19)7-11-17-9-5-8-16-17/h5,8-9,12H,4,6-7,10-11H2,1-3H3/t12-/m1/s1. The number of hydrogen-bond acceptors (Lipinski definition) is 4. The topological polar surface area (TPSA) is 64.4 Å². The zero-order chi connectivity index (χ0) is 15.5. The van der Waals surface area contributed by atoms with Gasteiger partial charge in [0.15, 0.2) is 0 Å². The van der Waals surface area contributed by atoms with Crippen molar-refractivity contribution < 1.29 is 14.3 Å². The molecule has 116 valence electrons. The van der Waals surface area contributed by atoms with Gasteiger partial charge in [-0.15, -0.1) is 0 Å². The highest BCUT2D eigenvalue weighted by atomic mass is 16.6. The number of carbonyl (C=O) groups is 2. The Kier molecular flexibility index (Phi) is 4.65. The largest absolute Gasteiger partial charge is 0.458 e. The summed E-state index contributed by atoms with van der Waals surface area (Å²) in [5, 5.41) is 4.07. The minimum atomic E-state index is -0.524. The van der Waals surface area contributed by atoms with Crippen LogP contribution in [-0.4, -0.2) is 44.7 Å². The van der Waals surface area contributed by atoms with E-state index in [0.29, 0.717) is 25.9 Å². The minimum Gasteiger partial charge on any atom is -0.458 e. The van der Waals surface area contributed by atoms with E-state index in [1.165, 1.54) is 0 Å². The summed E-state index contributed by atoms with van der Waals surface area (Å²) in [5.41, 5.74) is -0.524. The molecule has 0 unspecified atom stereocenters. The van der Waals surface area contributed by atoms with Gasteiger partial charge in [-0.25, -0.2) is 4.79 Å². The number of nitrogens with zero attached hydrogens (tertiary/aromatic N) is 3. The molecular formula is C15H23N3O3. The minimum absolute atomic E-state index is 0.0149. The van der Waals surface area contributed by atoms with Gasteiger partial charge in [-0.2, -0.15) is 5.10 Å².